The molecule has 2 atom stereocenters. The Balaban J connectivity index is 1.54. The van der Waals surface area contributed by atoms with Crippen LogP contribution in [-0.2, 0) is 20.0 Å². The van der Waals surface area contributed by atoms with E-state index in [2.05, 4.69) is 157 Å². The molecule has 0 spiro atoms. The molecule has 8 rings (SSSR count). The van der Waals surface area contributed by atoms with Gasteiger partial charge in [-0.2, -0.15) is 0 Å². The molecule has 0 amide bonds. The summed E-state index contributed by atoms with van der Waals surface area (Å²) in [7, 11) is -2.50. The Kier molecular flexibility index (Phi) is 6.23. The third-order valence-corrected chi connectivity index (χ3v) is 31.8. The molecule has 2 heteroatoms. The van der Waals surface area contributed by atoms with Crippen molar-refractivity contribution in [2.45, 2.75) is 37.1 Å². The quantitative estimate of drug-likeness (QED) is 0.162. The minimum atomic E-state index is -3.17. The van der Waals surface area contributed by atoms with Crippen molar-refractivity contribution in [3.05, 3.63) is 161 Å². The van der Waals surface area contributed by atoms with Gasteiger partial charge in [0.25, 0.3) is 0 Å². The molecule has 5 aromatic rings. The van der Waals surface area contributed by atoms with Gasteiger partial charge in [0.15, 0.2) is 0 Å². The zero-order chi connectivity index (χ0) is 29.5. The number of hydrogen-bond acceptors (Lipinski definition) is 0. The van der Waals surface area contributed by atoms with Crippen LogP contribution in [0.1, 0.15) is 43.5 Å². The summed E-state index contributed by atoms with van der Waals surface area (Å²) >= 11 is -3.17. The monoisotopic (exact) mass is 738 g/mol. The Bertz CT molecular complexity index is 1840. The maximum atomic E-state index is 2.77. The first-order chi connectivity index (χ1) is 20.8. The van der Waals surface area contributed by atoms with Crippen LogP contribution in [0.2, 0.25) is 15.9 Å². The molecule has 0 nitrogen and oxygen atoms in total. The molecule has 0 aromatic heterocycles. The SMILES string of the molecule is CC1=C2c3c(-c4ccccc4)cccc3[CH]1[Hf]([CH3])([CH3])[CH]1C(C)=C(c3c(-c4ccccc4)cccc31)[Si]2(C)c1ccccc1. The van der Waals surface area contributed by atoms with Crippen LogP contribution in [0.3, 0.4) is 0 Å². The van der Waals surface area contributed by atoms with Gasteiger partial charge < -0.3 is 0 Å². The third kappa shape index (κ3) is 3.69. The van der Waals surface area contributed by atoms with Gasteiger partial charge in [-0.3, -0.25) is 0 Å². The van der Waals surface area contributed by atoms with Crippen LogP contribution in [0.25, 0.3) is 32.6 Å². The predicted molar refractivity (Wildman–Crippen MR) is 184 cm³/mol. The second-order valence-corrected chi connectivity index (χ2v) is 34.6. The third-order valence-electron chi connectivity index (χ3n) is 11.0. The zero-order valence-electron chi connectivity index (χ0n) is 25.8. The molecular formula is C41H38HfSi. The topological polar surface area (TPSA) is 0 Å². The van der Waals surface area contributed by atoms with Crippen LogP contribution in [0.5, 0.6) is 0 Å². The molecular weight excluding hydrogens is 699 g/mol. The van der Waals surface area contributed by atoms with E-state index in [0.29, 0.717) is 7.35 Å². The normalized spacial score (nSPS) is 23.1. The summed E-state index contributed by atoms with van der Waals surface area (Å²) in [6.07, 6.45) is 0. The van der Waals surface area contributed by atoms with Crippen molar-refractivity contribution in [1.82, 2.24) is 0 Å². The summed E-state index contributed by atoms with van der Waals surface area (Å²) in [5, 5.41) is 4.91. The molecule has 2 unspecified atom stereocenters. The van der Waals surface area contributed by atoms with E-state index in [0.717, 1.165) is 0 Å². The molecule has 3 aliphatic rings. The van der Waals surface area contributed by atoms with Crippen molar-refractivity contribution in [2.75, 3.05) is 0 Å². The van der Waals surface area contributed by atoms with Gasteiger partial charge in [0.05, 0.1) is 0 Å². The van der Waals surface area contributed by atoms with Crippen molar-refractivity contribution in [3.8, 4) is 22.3 Å². The minimum absolute atomic E-state index is 0.574. The number of hydrogen-bond donors (Lipinski definition) is 0. The molecule has 2 aliphatic carbocycles. The predicted octanol–water partition coefficient (Wildman–Crippen LogP) is 10.7. The van der Waals surface area contributed by atoms with Crippen molar-refractivity contribution in [3.63, 3.8) is 0 Å². The molecule has 0 saturated heterocycles. The molecule has 0 radical (unpaired) electrons. The molecule has 0 fully saturated rings. The Morgan fingerprint density at radius 3 is 1.30 bits per heavy atom. The number of benzene rings is 5. The van der Waals surface area contributed by atoms with Gasteiger partial charge in [-0.05, 0) is 0 Å². The number of fused-ring (bicyclic) bond motifs is 8. The van der Waals surface area contributed by atoms with Gasteiger partial charge in [-0.15, -0.1) is 0 Å². The summed E-state index contributed by atoms with van der Waals surface area (Å²) in [6, 6.07) is 48.4. The summed E-state index contributed by atoms with van der Waals surface area (Å²) in [5.41, 5.74) is 15.3. The van der Waals surface area contributed by atoms with Gasteiger partial charge in [0, 0.05) is 0 Å². The number of rotatable bonds is 3. The Hall–Kier alpha value is -3.33. The van der Waals surface area contributed by atoms with Crippen LogP contribution in [0, 0.1) is 0 Å². The fourth-order valence-electron chi connectivity index (χ4n) is 9.60. The van der Waals surface area contributed by atoms with E-state index in [4.69, 9.17) is 0 Å². The van der Waals surface area contributed by atoms with Crippen molar-refractivity contribution >= 4 is 23.7 Å². The first kappa shape index (κ1) is 27.2. The van der Waals surface area contributed by atoms with E-state index >= 15 is 0 Å². The van der Waals surface area contributed by atoms with E-state index in [1.54, 1.807) is 43.8 Å². The summed E-state index contributed by atoms with van der Waals surface area (Å²) in [4.78, 5) is 0. The standard InChI is InChI=1S/C39H32Si.2CH3.Hf/c1-27-25-31-19-13-23-34(29-15-7-4-8-16-29)36(31)38(27)40(3,33-21-11-6-12-22-33)39-28(2)26-32-20-14-24-35(37(32)39)30-17-9-5-10-18-30;;;/h4-26H,1-3H3;2*1H3;. The first-order valence-corrected chi connectivity index (χ1v) is 29.5. The van der Waals surface area contributed by atoms with Crippen LogP contribution >= 0.6 is 0 Å². The maximum absolute atomic E-state index is 3.17. The molecule has 4 bridgehead atoms. The second kappa shape index (κ2) is 9.84. The molecule has 0 saturated carbocycles. The molecule has 210 valence electrons. The van der Waals surface area contributed by atoms with Crippen LogP contribution in [0.15, 0.2) is 139 Å². The molecule has 0 N–H and O–H groups in total. The Morgan fingerprint density at radius 1 is 0.488 bits per heavy atom. The Labute approximate surface area is 262 Å². The molecule has 1 aliphatic heterocycles. The summed E-state index contributed by atoms with van der Waals surface area (Å²) in [5.74, 6) is 0. The molecule has 43 heavy (non-hydrogen) atoms. The van der Waals surface area contributed by atoms with E-state index in [-0.39, 0.29) is 0 Å². The van der Waals surface area contributed by atoms with E-state index in [1.165, 1.54) is 27.4 Å². The second-order valence-electron chi connectivity index (χ2n) is 13.6. The zero-order valence-corrected chi connectivity index (χ0v) is 30.4. The van der Waals surface area contributed by atoms with Gasteiger partial charge >= 0.3 is 264 Å². The van der Waals surface area contributed by atoms with Crippen LogP contribution in [-0.4, -0.2) is 8.07 Å². The average Bonchev–Trinajstić information content (AvgIpc) is 3.54. The Morgan fingerprint density at radius 2 is 0.884 bits per heavy atom. The van der Waals surface area contributed by atoms with Gasteiger partial charge in [-0.1, -0.05) is 0 Å². The van der Waals surface area contributed by atoms with Gasteiger partial charge in [-0.25, -0.2) is 0 Å². The average molecular weight is 737 g/mol. The molecule has 1 heterocycles. The van der Waals surface area contributed by atoms with Crippen LogP contribution in [0.4, 0.5) is 0 Å². The summed E-state index contributed by atoms with van der Waals surface area (Å²) in [6.45, 7) is 7.76. The van der Waals surface area contributed by atoms with Crippen molar-refractivity contribution < 1.29 is 20.0 Å². The van der Waals surface area contributed by atoms with E-state index in [1.807, 2.05) is 0 Å². The van der Waals surface area contributed by atoms with Crippen molar-refractivity contribution in [2.24, 2.45) is 0 Å². The van der Waals surface area contributed by atoms with Gasteiger partial charge in [0.2, 0.25) is 0 Å². The van der Waals surface area contributed by atoms with E-state index < -0.39 is 28.0 Å². The van der Waals surface area contributed by atoms with Gasteiger partial charge in [0.1, 0.15) is 0 Å². The molecule has 5 aromatic carbocycles. The van der Waals surface area contributed by atoms with Crippen molar-refractivity contribution in [1.29, 1.82) is 0 Å². The first-order valence-electron chi connectivity index (χ1n) is 15.7. The number of allylic oxidation sites excluding steroid dienone is 2. The fraction of sp³-hybridized carbons (Fsp3) is 0.171. The van der Waals surface area contributed by atoms with E-state index in [9.17, 15) is 0 Å². The van der Waals surface area contributed by atoms with Crippen LogP contribution < -0.4 is 5.19 Å². The fourth-order valence-corrected chi connectivity index (χ4v) is 33.5. The summed E-state index contributed by atoms with van der Waals surface area (Å²) < 4.78 is 6.69.